The van der Waals surface area contributed by atoms with Crippen molar-refractivity contribution in [2.24, 2.45) is 11.3 Å². The largest absolute Gasteiger partial charge is 0.388 e. The fraction of sp³-hybridized carbons (Fsp3) is 0.600. The summed E-state index contributed by atoms with van der Waals surface area (Å²) in [6, 6.07) is 7.36. The predicted octanol–water partition coefficient (Wildman–Crippen LogP) is 2.52. The van der Waals surface area contributed by atoms with Gasteiger partial charge in [-0.15, -0.1) is 0 Å². The number of fused-ring (bicyclic) bond motifs is 1. The first kappa shape index (κ1) is 18.1. The molecule has 1 aliphatic heterocycles. The van der Waals surface area contributed by atoms with Crippen LogP contribution in [0.25, 0.3) is 10.9 Å². The van der Waals surface area contributed by atoms with Crippen molar-refractivity contribution in [2.45, 2.75) is 45.8 Å². The maximum Gasteiger partial charge on any atom is 0.261 e. The zero-order valence-electron chi connectivity index (χ0n) is 15.7. The molecular weight excluding hydrogens is 314 g/mol. The lowest BCUT2D eigenvalue weighted by Crippen LogP contribution is -2.50. The lowest BCUT2D eigenvalue weighted by molar-refractivity contribution is -0.0682. The Morgan fingerprint density at radius 2 is 2.04 bits per heavy atom. The van der Waals surface area contributed by atoms with Crippen LogP contribution in [0.2, 0.25) is 0 Å². The maximum atomic E-state index is 12.8. The van der Waals surface area contributed by atoms with Crippen molar-refractivity contribution in [3.63, 3.8) is 0 Å². The minimum atomic E-state index is -0.917. The first-order valence-electron chi connectivity index (χ1n) is 9.05. The second kappa shape index (κ2) is 6.54. The van der Waals surface area contributed by atoms with E-state index >= 15 is 0 Å². The minimum Gasteiger partial charge on any atom is -0.388 e. The molecule has 3 rings (SSSR count). The van der Waals surface area contributed by atoms with Gasteiger partial charge in [0, 0.05) is 13.1 Å². The van der Waals surface area contributed by atoms with Gasteiger partial charge in [0.15, 0.2) is 0 Å². The molecule has 1 aliphatic rings. The summed E-state index contributed by atoms with van der Waals surface area (Å²) in [5, 5.41) is 12.0. The Morgan fingerprint density at radius 3 is 2.80 bits per heavy atom. The average Bonchev–Trinajstić information content (AvgIpc) is 2.54. The van der Waals surface area contributed by atoms with E-state index in [1.807, 2.05) is 18.2 Å². The van der Waals surface area contributed by atoms with Gasteiger partial charge in [-0.05, 0) is 43.4 Å². The first-order chi connectivity index (χ1) is 11.7. The zero-order chi connectivity index (χ0) is 18.2. The highest BCUT2D eigenvalue weighted by Gasteiger charge is 2.40. The van der Waals surface area contributed by atoms with Crippen molar-refractivity contribution in [2.75, 3.05) is 20.1 Å². The molecule has 1 aromatic heterocycles. The number of hydrogen-bond donors (Lipinski definition) is 1. The van der Waals surface area contributed by atoms with Gasteiger partial charge in [-0.3, -0.25) is 9.36 Å². The second-order valence-electron chi connectivity index (χ2n) is 8.56. The number of para-hydroxylation sites is 1. The van der Waals surface area contributed by atoms with E-state index in [1.165, 1.54) is 0 Å². The van der Waals surface area contributed by atoms with Gasteiger partial charge in [0.05, 0.1) is 29.4 Å². The Kier molecular flexibility index (Phi) is 4.73. The number of aromatic nitrogens is 2. The van der Waals surface area contributed by atoms with Crippen LogP contribution in [-0.2, 0) is 6.54 Å². The van der Waals surface area contributed by atoms with Gasteiger partial charge in [-0.2, -0.15) is 0 Å². The summed E-state index contributed by atoms with van der Waals surface area (Å²) in [5.41, 5.74) is -0.169. The van der Waals surface area contributed by atoms with Gasteiger partial charge >= 0.3 is 0 Å². The molecule has 0 aliphatic carbocycles. The third kappa shape index (κ3) is 3.77. The van der Waals surface area contributed by atoms with Gasteiger partial charge in [-0.25, -0.2) is 4.98 Å². The molecule has 5 nitrogen and oxygen atoms in total. The van der Waals surface area contributed by atoms with Crippen molar-refractivity contribution in [1.29, 1.82) is 0 Å². The molecule has 1 N–H and O–H groups in total. The summed E-state index contributed by atoms with van der Waals surface area (Å²) in [6.45, 7) is 8.72. The molecule has 25 heavy (non-hydrogen) atoms. The molecule has 5 heteroatoms. The molecule has 0 bridgehead atoms. The topological polar surface area (TPSA) is 58.4 Å². The number of aliphatic hydroxyl groups is 1. The third-order valence-electron chi connectivity index (χ3n) is 5.58. The minimum absolute atomic E-state index is 0.0825. The van der Waals surface area contributed by atoms with E-state index in [4.69, 9.17) is 0 Å². The van der Waals surface area contributed by atoms with Crippen LogP contribution in [0.3, 0.4) is 0 Å². The van der Waals surface area contributed by atoms with Crippen LogP contribution >= 0.6 is 0 Å². The van der Waals surface area contributed by atoms with Crippen LogP contribution < -0.4 is 5.56 Å². The summed E-state index contributed by atoms with van der Waals surface area (Å²) >= 11 is 0. The van der Waals surface area contributed by atoms with E-state index < -0.39 is 5.60 Å². The van der Waals surface area contributed by atoms with Gasteiger partial charge in [0.25, 0.3) is 5.56 Å². The van der Waals surface area contributed by atoms with E-state index in [0.717, 1.165) is 19.5 Å². The van der Waals surface area contributed by atoms with E-state index in [2.05, 4.69) is 37.7 Å². The van der Waals surface area contributed by atoms with Crippen LogP contribution in [0.1, 0.15) is 33.6 Å². The predicted molar refractivity (Wildman–Crippen MR) is 101 cm³/mol. The van der Waals surface area contributed by atoms with Crippen molar-refractivity contribution < 1.29 is 5.11 Å². The van der Waals surface area contributed by atoms with Gasteiger partial charge in [0.1, 0.15) is 0 Å². The van der Waals surface area contributed by atoms with E-state index in [1.54, 1.807) is 17.0 Å². The highest BCUT2D eigenvalue weighted by Crippen LogP contribution is 2.37. The molecule has 2 atom stereocenters. The standard InChI is InChI=1S/C20H29N3O2/c1-15-11-19(2,3)12-22(4)10-9-20(15,25)13-23-14-21-17-8-6-5-7-16(17)18(23)24/h5-8,14-15,25H,9-13H2,1-4H3. The molecule has 1 saturated heterocycles. The molecule has 1 aromatic carbocycles. The number of hydrogen-bond acceptors (Lipinski definition) is 4. The number of rotatable bonds is 2. The molecule has 0 radical (unpaired) electrons. The summed E-state index contributed by atoms with van der Waals surface area (Å²) in [7, 11) is 2.10. The van der Waals surface area contributed by atoms with Crippen molar-refractivity contribution in [1.82, 2.24) is 14.5 Å². The average molecular weight is 343 g/mol. The van der Waals surface area contributed by atoms with Crippen molar-refractivity contribution in [3.8, 4) is 0 Å². The van der Waals surface area contributed by atoms with Crippen LogP contribution in [-0.4, -0.2) is 45.3 Å². The van der Waals surface area contributed by atoms with Crippen LogP contribution in [0.4, 0.5) is 0 Å². The molecule has 2 unspecified atom stereocenters. The SMILES string of the molecule is CC1CC(C)(C)CN(C)CCC1(O)Cn1cnc2ccccc2c1=O. The molecule has 0 spiro atoms. The second-order valence-corrected chi connectivity index (χ2v) is 8.56. The summed E-state index contributed by atoms with van der Waals surface area (Å²) in [6.07, 6.45) is 3.15. The van der Waals surface area contributed by atoms with E-state index in [9.17, 15) is 9.90 Å². The van der Waals surface area contributed by atoms with Crippen molar-refractivity contribution in [3.05, 3.63) is 40.9 Å². The highest BCUT2D eigenvalue weighted by atomic mass is 16.3. The van der Waals surface area contributed by atoms with Crippen LogP contribution in [0, 0.1) is 11.3 Å². The van der Waals surface area contributed by atoms with Crippen LogP contribution in [0.5, 0.6) is 0 Å². The van der Waals surface area contributed by atoms with E-state index in [-0.39, 0.29) is 23.4 Å². The summed E-state index contributed by atoms with van der Waals surface area (Å²) in [4.78, 5) is 19.5. The molecule has 1 fully saturated rings. The zero-order valence-corrected chi connectivity index (χ0v) is 15.7. The summed E-state index contributed by atoms with van der Waals surface area (Å²) < 4.78 is 1.58. The molecule has 0 amide bonds. The Bertz CT molecular complexity index is 814. The highest BCUT2D eigenvalue weighted by molar-refractivity contribution is 5.76. The summed E-state index contributed by atoms with van der Waals surface area (Å²) in [5.74, 6) is 0.106. The third-order valence-corrected chi connectivity index (χ3v) is 5.58. The van der Waals surface area contributed by atoms with Crippen molar-refractivity contribution >= 4 is 10.9 Å². The monoisotopic (exact) mass is 343 g/mol. The first-order valence-corrected chi connectivity index (χ1v) is 9.05. The lowest BCUT2D eigenvalue weighted by atomic mass is 9.73. The smallest absolute Gasteiger partial charge is 0.261 e. The lowest BCUT2D eigenvalue weighted by Gasteiger charge is -2.44. The fourth-order valence-corrected chi connectivity index (χ4v) is 4.27. The molecule has 136 valence electrons. The molecule has 2 aromatic rings. The van der Waals surface area contributed by atoms with Crippen LogP contribution in [0.15, 0.2) is 35.4 Å². The number of likely N-dealkylation sites (tertiary alicyclic amines) is 1. The maximum absolute atomic E-state index is 12.8. The number of nitrogens with zero attached hydrogens (tertiary/aromatic N) is 3. The fourth-order valence-electron chi connectivity index (χ4n) is 4.27. The Balaban J connectivity index is 1.94. The van der Waals surface area contributed by atoms with Gasteiger partial charge in [-0.1, -0.05) is 32.9 Å². The van der Waals surface area contributed by atoms with Gasteiger partial charge < -0.3 is 10.0 Å². The number of benzene rings is 1. The normalized spacial score (nSPS) is 27.8. The molecular formula is C20H29N3O2. The van der Waals surface area contributed by atoms with Gasteiger partial charge in [0.2, 0.25) is 0 Å². The molecule has 0 saturated carbocycles. The van der Waals surface area contributed by atoms with E-state index in [0.29, 0.717) is 17.3 Å². The quantitative estimate of drug-likeness (QED) is 0.910. The molecule has 2 heterocycles. The Labute approximate surface area is 149 Å². The Hall–Kier alpha value is -1.72. The Morgan fingerprint density at radius 1 is 1.32 bits per heavy atom.